The van der Waals surface area contributed by atoms with Crippen molar-refractivity contribution >= 4 is 12.0 Å². The van der Waals surface area contributed by atoms with Gasteiger partial charge in [0.1, 0.15) is 18.2 Å². The van der Waals surface area contributed by atoms with Gasteiger partial charge in [-0.25, -0.2) is 9.59 Å². The number of aromatic nitrogens is 3. The monoisotopic (exact) mass is 269 g/mol. The Morgan fingerprint density at radius 2 is 2.16 bits per heavy atom. The van der Waals surface area contributed by atoms with Crippen LogP contribution >= 0.6 is 0 Å². The molecule has 0 saturated carbocycles. The molecule has 2 amide bonds. The molecule has 8 heteroatoms. The van der Waals surface area contributed by atoms with E-state index in [1.807, 2.05) is 7.05 Å². The van der Waals surface area contributed by atoms with Gasteiger partial charge in [-0.1, -0.05) is 13.8 Å². The summed E-state index contributed by atoms with van der Waals surface area (Å²) in [5, 5.41) is 21.6. The van der Waals surface area contributed by atoms with Gasteiger partial charge in [0.2, 0.25) is 0 Å². The highest BCUT2D eigenvalue weighted by Crippen LogP contribution is 2.01. The number of carboxylic acid groups (broad SMARTS) is 1. The largest absolute Gasteiger partial charge is 0.480 e. The molecule has 0 saturated heterocycles. The van der Waals surface area contributed by atoms with Crippen LogP contribution in [0.4, 0.5) is 4.79 Å². The third kappa shape index (κ3) is 4.57. The second-order valence-corrected chi connectivity index (χ2v) is 4.57. The van der Waals surface area contributed by atoms with E-state index in [0.29, 0.717) is 13.0 Å². The summed E-state index contributed by atoms with van der Waals surface area (Å²) < 4.78 is 1.76. The normalized spacial score (nSPS) is 12.2. The van der Waals surface area contributed by atoms with E-state index in [9.17, 15) is 9.59 Å². The molecule has 0 bridgehead atoms. The molecule has 1 rings (SSSR count). The van der Waals surface area contributed by atoms with E-state index in [1.165, 1.54) is 0 Å². The molecule has 0 aromatic carbocycles. The van der Waals surface area contributed by atoms with Crippen LogP contribution < -0.4 is 10.6 Å². The lowest BCUT2D eigenvalue weighted by Gasteiger charge is -2.18. The van der Waals surface area contributed by atoms with E-state index in [2.05, 4.69) is 20.8 Å². The third-order valence-electron chi connectivity index (χ3n) is 2.66. The predicted octanol–water partition coefficient (Wildman–Crippen LogP) is -0.234. The molecule has 0 aliphatic carbocycles. The van der Waals surface area contributed by atoms with E-state index in [1.54, 1.807) is 24.7 Å². The van der Waals surface area contributed by atoms with E-state index < -0.39 is 18.0 Å². The quantitative estimate of drug-likeness (QED) is 0.660. The molecule has 1 aromatic heterocycles. The number of carbonyl (C=O) groups is 2. The zero-order valence-electron chi connectivity index (χ0n) is 11.3. The summed E-state index contributed by atoms with van der Waals surface area (Å²) in [5.74, 6) is -0.473. The summed E-state index contributed by atoms with van der Waals surface area (Å²) in [4.78, 5) is 22.5. The van der Waals surface area contributed by atoms with Crippen molar-refractivity contribution in [3.63, 3.8) is 0 Å². The van der Waals surface area contributed by atoms with Gasteiger partial charge >= 0.3 is 12.0 Å². The second kappa shape index (κ2) is 6.72. The second-order valence-electron chi connectivity index (χ2n) is 4.57. The minimum absolute atomic E-state index is 0.179. The Balaban J connectivity index is 2.35. The number of aliphatic carboxylic acids is 1. The first kappa shape index (κ1) is 14.9. The minimum Gasteiger partial charge on any atom is -0.480 e. The fourth-order valence-electron chi connectivity index (χ4n) is 1.53. The zero-order chi connectivity index (χ0) is 14.4. The van der Waals surface area contributed by atoms with Gasteiger partial charge < -0.3 is 20.3 Å². The van der Waals surface area contributed by atoms with E-state index in [-0.39, 0.29) is 5.92 Å². The number of amides is 2. The Hall–Kier alpha value is -2.12. The lowest BCUT2D eigenvalue weighted by molar-refractivity contribution is -0.140. The summed E-state index contributed by atoms with van der Waals surface area (Å²) >= 11 is 0. The summed E-state index contributed by atoms with van der Waals surface area (Å²) in [6, 6.07) is -1.39. The van der Waals surface area contributed by atoms with Crippen LogP contribution in [-0.4, -0.2) is 44.5 Å². The highest BCUT2D eigenvalue weighted by molar-refractivity contribution is 5.82. The number of nitrogens with one attached hydrogen (secondary N) is 2. The Labute approximate surface area is 111 Å². The summed E-state index contributed by atoms with van der Waals surface area (Å²) in [7, 11) is 1.81. The summed E-state index contributed by atoms with van der Waals surface area (Å²) in [6.45, 7) is 3.83. The Kier molecular flexibility index (Phi) is 5.28. The zero-order valence-corrected chi connectivity index (χ0v) is 11.3. The standard InChI is InChI=1S/C11H19N5O3/c1-7(2)9(10(17)18)14-11(19)12-5-4-8-15-13-6-16(8)3/h6-7,9H,4-5H2,1-3H3,(H,17,18)(H2,12,14,19). The van der Waals surface area contributed by atoms with Gasteiger partial charge in [0, 0.05) is 20.0 Å². The number of hydrogen-bond acceptors (Lipinski definition) is 4. The van der Waals surface area contributed by atoms with Crippen molar-refractivity contribution in [2.75, 3.05) is 6.54 Å². The fraction of sp³-hybridized carbons (Fsp3) is 0.636. The molecule has 0 fully saturated rings. The molecule has 1 aromatic rings. The molecule has 106 valence electrons. The van der Waals surface area contributed by atoms with Crippen molar-refractivity contribution < 1.29 is 14.7 Å². The lowest BCUT2D eigenvalue weighted by Crippen LogP contribution is -2.49. The molecule has 0 aliphatic rings. The fourth-order valence-corrected chi connectivity index (χ4v) is 1.53. The van der Waals surface area contributed by atoms with Crippen molar-refractivity contribution in [3.05, 3.63) is 12.2 Å². The molecule has 0 radical (unpaired) electrons. The molecule has 0 aliphatic heterocycles. The maximum atomic E-state index is 11.5. The Morgan fingerprint density at radius 1 is 1.47 bits per heavy atom. The maximum absolute atomic E-state index is 11.5. The van der Waals surface area contributed by atoms with Crippen LogP contribution in [0.25, 0.3) is 0 Å². The van der Waals surface area contributed by atoms with Crippen LogP contribution in [0.1, 0.15) is 19.7 Å². The SMILES string of the molecule is CC(C)C(NC(=O)NCCc1nncn1C)C(=O)O. The minimum atomic E-state index is -1.04. The number of aryl methyl sites for hydroxylation is 1. The topological polar surface area (TPSA) is 109 Å². The predicted molar refractivity (Wildman–Crippen MR) is 67.5 cm³/mol. The van der Waals surface area contributed by atoms with Gasteiger partial charge in [-0.3, -0.25) is 0 Å². The van der Waals surface area contributed by atoms with Crippen molar-refractivity contribution in [1.29, 1.82) is 0 Å². The van der Waals surface area contributed by atoms with Gasteiger partial charge in [0.25, 0.3) is 0 Å². The van der Waals surface area contributed by atoms with Gasteiger partial charge in [-0.2, -0.15) is 0 Å². The van der Waals surface area contributed by atoms with Crippen LogP contribution in [0, 0.1) is 5.92 Å². The summed E-state index contributed by atoms with van der Waals surface area (Å²) in [6.07, 6.45) is 2.11. The molecule has 8 nitrogen and oxygen atoms in total. The first-order valence-electron chi connectivity index (χ1n) is 6.02. The molecular formula is C11H19N5O3. The van der Waals surface area contributed by atoms with Crippen molar-refractivity contribution in [2.24, 2.45) is 13.0 Å². The highest BCUT2D eigenvalue weighted by atomic mass is 16.4. The number of hydrogen-bond donors (Lipinski definition) is 3. The highest BCUT2D eigenvalue weighted by Gasteiger charge is 2.23. The van der Waals surface area contributed by atoms with Crippen molar-refractivity contribution in [2.45, 2.75) is 26.3 Å². The average Bonchev–Trinajstić information content (AvgIpc) is 2.71. The van der Waals surface area contributed by atoms with Gasteiger partial charge in [0.05, 0.1) is 0 Å². The number of carboxylic acids is 1. The molecular weight excluding hydrogens is 250 g/mol. The van der Waals surface area contributed by atoms with Crippen molar-refractivity contribution in [1.82, 2.24) is 25.4 Å². The first-order chi connectivity index (χ1) is 8.91. The average molecular weight is 269 g/mol. The maximum Gasteiger partial charge on any atom is 0.326 e. The van der Waals surface area contributed by atoms with Gasteiger partial charge in [0.15, 0.2) is 0 Å². The number of urea groups is 1. The van der Waals surface area contributed by atoms with Gasteiger partial charge in [-0.05, 0) is 5.92 Å². The molecule has 3 N–H and O–H groups in total. The van der Waals surface area contributed by atoms with Crippen LogP contribution in [-0.2, 0) is 18.3 Å². The molecule has 19 heavy (non-hydrogen) atoms. The first-order valence-corrected chi connectivity index (χ1v) is 6.02. The molecule has 0 spiro atoms. The van der Waals surface area contributed by atoms with Gasteiger partial charge in [-0.15, -0.1) is 10.2 Å². The summed E-state index contributed by atoms with van der Waals surface area (Å²) in [5.41, 5.74) is 0. The van der Waals surface area contributed by atoms with Crippen LogP contribution in [0.5, 0.6) is 0 Å². The van der Waals surface area contributed by atoms with E-state index in [4.69, 9.17) is 5.11 Å². The Bertz CT molecular complexity index is 443. The smallest absolute Gasteiger partial charge is 0.326 e. The third-order valence-corrected chi connectivity index (χ3v) is 2.66. The number of rotatable bonds is 6. The van der Waals surface area contributed by atoms with E-state index >= 15 is 0 Å². The molecule has 1 heterocycles. The van der Waals surface area contributed by atoms with Crippen molar-refractivity contribution in [3.8, 4) is 0 Å². The van der Waals surface area contributed by atoms with E-state index in [0.717, 1.165) is 5.82 Å². The molecule has 1 unspecified atom stereocenters. The van der Waals surface area contributed by atoms with Crippen LogP contribution in [0.15, 0.2) is 6.33 Å². The van der Waals surface area contributed by atoms with Crippen LogP contribution in [0.3, 0.4) is 0 Å². The molecule has 1 atom stereocenters. The lowest BCUT2D eigenvalue weighted by atomic mass is 10.1. The number of carbonyl (C=O) groups excluding carboxylic acids is 1. The Morgan fingerprint density at radius 3 is 2.63 bits per heavy atom. The van der Waals surface area contributed by atoms with Crippen LogP contribution in [0.2, 0.25) is 0 Å². The number of nitrogens with zero attached hydrogens (tertiary/aromatic N) is 3.